The minimum absolute atomic E-state index is 0.326. The molecule has 0 bridgehead atoms. The molecular weight excluding hydrogens is 316 g/mol. The molecule has 0 N–H and O–H groups in total. The molecule has 0 spiro atoms. The van der Waals surface area contributed by atoms with E-state index in [2.05, 4.69) is 5.10 Å². The van der Waals surface area contributed by atoms with Crippen LogP contribution in [0.5, 0.6) is 0 Å². The molecule has 0 radical (unpaired) electrons. The Balaban J connectivity index is 3.26. The van der Waals surface area contributed by atoms with Crippen LogP contribution in [-0.4, -0.2) is 53.8 Å². The molecule has 1 aliphatic heterocycles. The molecule has 1 heterocycles. The van der Waals surface area contributed by atoms with Gasteiger partial charge in [-0.15, -0.1) is 0 Å². The Morgan fingerprint density at radius 1 is 0.850 bits per heavy atom. The van der Waals surface area contributed by atoms with Crippen molar-refractivity contribution in [1.82, 2.24) is 9.91 Å². The van der Waals surface area contributed by atoms with Crippen molar-refractivity contribution in [2.45, 2.75) is 30.5 Å². The van der Waals surface area contributed by atoms with E-state index < -0.39 is 41.7 Å². The van der Waals surface area contributed by atoms with Crippen LogP contribution >= 0.6 is 0 Å². The number of hydrazone groups is 1. The summed E-state index contributed by atoms with van der Waals surface area (Å²) in [7, 11) is 0.410. The van der Waals surface area contributed by atoms with Crippen LogP contribution in [0.15, 0.2) is 5.10 Å². The van der Waals surface area contributed by atoms with Gasteiger partial charge in [-0.05, 0) is 0 Å². The van der Waals surface area contributed by atoms with Gasteiger partial charge in [0.05, 0.1) is 0 Å². The first kappa shape index (κ1) is 16.6. The Hall–Kier alpha value is -1.43. The van der Waals surface area contributed by atoms with Crippen LogP contribution in [0.25, 0.3) is 0 Å². The summed E-state index contributed by atoms with van der Waals surface area (Å²) in [5, 5.41) is 2.31. The minimum atomic E-state index is -6.36. The average Bonchev–Trinajstić information content (AvgIpc) is 2.57. The summed E-state index contributed by atoms with van der Waals surface area (Å²) in [5.41, 5.74) is 0. The van der Waals surface area contributed by atoms with E-state index in [1.807, 2.05) is 0 Å². The number of hydrogen-bond acceptors (Lipinski definition) is 3. The van der Waals surface area contributed by atoms with Gasteiger partial charge in [-0.3, -0.25) is 9.91 Å². The van der Waals surface area contributed by atoms with Crippen LogP contribution in [0.3, 0.4) is 0 Å². The fraction of sp³-hybridized carbons (Fsp3) is 0.857. The number of nitrogens with zero attached hydrogens (tertiary/aromatic N) is 3. The molecule has 0 amide bonds. The lowest BCUT2D eigenvalue weighted by Crippen LogP contribution is -2.65. The largest absolute Gasteiger partial charge is 0.475 e. The van der Waals surface area contributed by atoms with Crippen molar-refractivity contribution in [2.75, 3.05) is 7.05 Å². The van der Waals surface area contributed by atoms with Gasteiger partial charge >= 0.3 is 24.3 Å². The van der Waals surface area contributed by atoms with E-state index in [0.717, 1.165) is 0 Å². The lowest BCUT2D eigenvalue weighted by molar-refractivity contribution is -0.367. The summed E-state index contributed by atoms with van der Waals surface area (Å²) in [5.74, 6) is -5.87. The van der Waals surface area contributed by atoms with Gasteiger partial charge in [0.15, 0.2) is 6.17 Å². The van der Waals surface area contributed by atoms with Gasteiger partial charge in [0.2, 0.25) is 0 Å². The first-order valence-electron chi connectivity index (χ1n) is 4.58. The molecule has 1 rings (SSSR count). The Bertz CT molecular complexity index is 397. The summed E-state index contributed by atoms with van der Waals surface area (Å²) in [6.07, 6.45) is -16.8. The fourth-order valence-corrected chi connectivity index (χ4v) is 1.37. The SMILES string of the molecule is CN1N=CN(C(F)(F)C(F)(F)F)C1C(F)(F)C(F)(F)F. The topological polar surface area (TPSA) is 18.8 Å². The lowest BCUT2D eigenvalue weighted by Gasteiger charge is -2.38. The zero-order chi connectivity index (χ0) is 16.1. The first-order chi connectivity index (χ1) is 8.64. The smallest absolute Gasteiger partial charge is 0.269 e. The van der Waals surface area contributed by atoms with E-state index >= 15 is 0 Å². The molecule has 3 nitrogen and oxygen atoms in total. The maximum Gasteiger partial charge on any atom is 0.475 e. The molecule has 1 aliphatic rings. The summed E-state index contributed by atoms with van der Waals surface area (Å²) >= 11 is 0. The van der Waals surface area contributed by atoms with Crippen molar-refractivity contribution >= 4 is 6.34 Å². The predicted octanol–water partition coefficient (Wildman–Crippen LogP) is 2.86. The minimum Gasteiger partial charge on any atom is -0.269 e. The maximum absolute atomic E-state index is 13.1. The summed E-state index contributed by atoms with van der Waals surface area (Å²) < 4.78 is 125. The summed E-state index contributed by atoms with van der Waals surface area (Å²) in [4.78, 5) is -1.47. The zero-order valence-corrected chi connectivity index (χ0v) is 9.28. The quantitative estimate of drug-likeness (QED) is 0.575. The molecule has 1 atom stereocenters. The number of hydrogen-bond donors (Lipinski definition) is 0. The molecule has 13 heteroatoms. The Morgan fingerprint density at radius 2 is 1.30 bits per heavy atom. The molecule has 0 saturated heterocycles. The monoisotopic (exact) mass is 321 g/mol. The maximum atomic E-state index is 13.1. The van der Waals surface area contributed by atoms with E-state index in [9.17, 15) is 43.9 Å². The van der Waals surface area contributed by atoms with Gasteiger partial charge in [0.1, 0.15) is 6.34 Å². The van der Waals surface area contributed by atoms with Gasteiger partial charge in [0, 0.05) is 7.05 Å². The second kappa shape index (κ2) is 4.28. The van der Waals surface area contributed by atoms with Crippen LogP contribution in [0.1, 0.15) is 0 Å². The highest BCUT2D eigenvalue weighted by atomic mass is 19.4. The Morgan fingerprint density at radius 3 is 1.65 bits per heavy atom. The standard InChI is InChI=1S/C7H5F10N3/c1-19-3(4(8,9)5(10,11)12)20(2-18-19)7(16,17)6(13,14)15/h2-3H,1H3. The van der Waals surface area contributed by atoms with Gasteiger partial charge in [-0.25, -0.2) is 0 Å². The van der Waals surface area contributed by atoms with Gasteiger partial charge in [-0.2, -0.15) is 49.0 Å². The molecular formula is C7H5F10N3. The normalized spacial score (nSPS) is 21.9. The predicted molar refractivity (Wildman–Crippen MR) is 43.9 cm³/mol. The van der Waals surface area contributed by atoms with Crippen molar-refractivity contribution in [2.24, 2.45) is 5.10 Å². The highest BCUT2D eigenvalue weighted by molar-refractivity contribution is 5.58. The van der Waals surface area contributed by atoms with E-state index in [1.165, 1.54) is 0 Å². The van der Waals surface area contributed by atoms with Crippen molar-refractivity contribution in [3.05, 3.63) is 0 Å². The molecule has 0 fully saturated rings. The third-order valence-electron chi connectivity index (χ3n) is 2.34. The van der Waals surface area contributed by atoms with Crippen molar-refractivity contribution in [3.63, 3.8) is 0 Å². The molecule has 0 aromatic rings. The Kier molecular flexibility index (Phi) is 3.56. The second-order valence-electron chi connectivity index (χ2n) is 3.75. The third kappa shape index (κ3) is 2.32. The molecule has 0 aromatic carbocycles. The van der Waals surface area contributed by atoms with Crippen LogP contribution in [0.4, 0.5) is 43.9 Å². The fourth-order valence-electron chi connectivity index (χ4n) is 1.37. The van der Waals surface area contributed by atoms with E-state index in [-0.39, 0.29) is 5.01 Å². The number of halogens is 10. The van der Waals surface area contributed by atoms with E-state index in [4.69, 9.17) is 0 Å². The van der Waals surface area contributed by atoms with Crippen molar-refractivity contribution < 1.29 is 43.9 Å². The number of alkyl halides is 10. The lowest BCUT2D eigenvalue weighted by atomic mass is 10.2. The number of rotatable bonds is 2. The first-order valence-corrected chi connectivity index (χ1v) is 4.58. The van der Waals surface area contributed by atoms with Crippen LogP contribution < -0.4 is 0 Å². The highest BCUT2D eigenvalue weighted by Gasteiger charge is 2.73. The highest BCUT2D eigenvalue weighted by Crippen LogP contribution is 2.47. The van der Waals surface area contributed by atoms with Gasteiger partial charge in [-0.1, -0.05) is 0 Å². The molecule has 0 aliphatic carbocycles. The summed E-state index contributed by atoms with van der Waals surface area (Å²) in [6.45, 7) is 0. The van der Waals surface area contributed by atoms with E-state index in [1.54, 1.807) is 0 Å². The zero-order valence-electron chi connectivity index (χ0n) is 9.28. The van der Waals surface area contributed by atoms with Gasteiger partial charge in [0.25, 0.3) is 0 Å². The van der Waals surface area contributed by atoms with Crippen molar-refractivity contribution in [1.29, 1.82) is 0 Å². The van der Waals surface area contributed by atoms with E-state index in [0.29, 0.717) is 7.05 Å². The second-order valence-corrected chi connectivity index (χ2v) is 3.75. The molecule has 0 saturated carbocycles. The van der Waals surface area contributed by atoms with Crippen LogP contribution in [0, 0.1) is 0 Å². The molecule has 0 aromatic heterocycles. The Labute approximate surface area is 104 Å². The summed E-state index contributed by atoms with van der Waals surface area (Å²) in [6, 6.07) is -5.94. The van der Waals surface area contributed by atoms with Crippen molar-refractivity contribution in [3.8, 4) is 0 Å². The molecule has 118 valence electrons. The average molecular weight is 321 g/mol. The third-order valence-corrected chi connectivity index (χ3v) is 2.34. The molecule has 20 heavy (non-hydrogen) atoms. The van der Waals surface area contributed by atoms with Crippen LogP contribution in [0.2, 0.25) is 0 Å². The molecule has 1 unspecified atom stereocenters. The van der Waals surface area contributed by atoms with Crippen LogP contribution in [-0.2, 0) is 0 Å². The van der Waals surface area contributed by atoms with Gasteiger partial charge < -0.3 is 0 Å².